The lowest BCUT2D eigenvalue weighted by molar-refractivity contribution is -0.113. The number of aliphatic imine (C=N–C) groups is 1. The number of hydrogen-bond acceptors (Lipinski definition) is 4. The number of thioether (sulfide) groups is 1. The Morgan fingerprint density at radius 3 is 2.52 bits per heavy atom. The van der Waals surface area contributed by atoms with Crippen LogP contribution in [0.4, 0.5) is 0 Å². The van der Waals surface area contributed by atoms with E-state index >= 15 is 0 Å². The summed E-state index contributed by atoms with van der Waals surface area (Å²) in [5.41, 5.74) is 6.25. The van der Waals surface area contributed by atoms with Crippen LogP contribution in [0.15, 0.2) is 44.6 Å². The fraction of sp³-hybridized carbons (Fsp3) is 0. The van der Waals surface area contributed by atoms with E-state index in [2.05, 4.69) is 4.99 Å². The molecule has 0 bridgehead atoms. The van der Waals surface area contributed by atoms with Crippen LogP contribution in [0.25, 0.3) is 17.4 Å². The van der Waals surface area contributed by atoms with Gasteiger partial charge in [0.2, 0.25) is 0 Å². The number of amidine groups is 1. The van der Waals surface area contributed by atoms with Crippen molar-refractivity contribution in [2.75, 3.05) is 0 Å². The maximum Gasteiger partial charge on any atom is 0.286 e. The minimum atomic E-state index is -0.360. The van der Waals surface area contributed by atoms with Crippen LogP contribution in [0, 0.1) is 0 Å². The second kappa shape index (κ2) is 5.60. The highest BCUT2D eigenvalue weighted by atomic mass is 35.5. The summed E-state index contributed by atoms with van der Waals surface area (Å²) in [4.78, 5) is 15.6. The highest BCUT2D eigenvalue weighted by Crippen LogP contribution is 2.31. The number of halogens is 2. The minimum absolute atomic E-state index is 0.236. The molecule has 0 fully saturated rings. The van der Waals surface area contributed by atoms with Crippen LogP contribution >= 0.6 is 35.0 Å². The molecule has 0 atom stereocenters. The third kappa shape index (κ3) is 3.15. The molecule has 1 aromatic carbocycles. The summed E-state index contributed by atoms with van der Waals surface area (Å²) >= 11 is 13.0. The van der Waals surface area contributed by atoms with E-state index in [9.17, 15) is 4.79 Å². The van der Waals surface area contributed by atoms with E-state index in [1.165, 1.54) is 0 Å². The summed E-state index contributed by atoms with van der Waals surface area (Å²) < 4.78 is 5.67. The van der Waals surface area contributed by atoms with Crippen LogP contribution in [-0.4, -0.2) is 11.1 Å². The van der Waals surface area contributed by atoms with Crippen molar-refractivity contribution in [2.45, 2.75) is 0 Å². The Balaban J connectivity index is 1.90. The van der Waals surface area contributed by atoms with Gasteiger partial charge in [0.15, 0.2) is 5.17 Å². The molecule has 1 aromatic heterocycles. The smallest absolute Gasteiger partial charge is 0.286 e. The summed E-state index contributed by atoms with van der Waals surface area (Å²) in [7, 11) is 0. The average Bonchev–Trinajstić information content (AvgIpc) is 2.96. The second-order valence-electron chi connectivity index (χ2n) is 4.23. The predicted molar refractivity (Wildman–Crippen MR) is 86.4 cm³/mol. The topological polar surface area (TPSA) is 68.6 Å². The van der Waals surface area contributed by atoms with E-state index in [1.54, 1.807) is 36.4 Å². The molecule has 0 saturated carbocycles. The van der Waals surface area contributed by atoms with E-state index in [0.717, 1.165) is 17.3 Å². The Morgan fingerprint density at radius 2 is 1.90 bits per heavy atom. The van der Waals surface area contributed by atoms with Crippen molar-refractivity contribution < 1.29 is 9.21 Å². The molecule has 0 saturated heterocycles. The van der Waals surface area contributed by atoms with Gasteiger partial charge in [-0.25, -0.2) is 0 Å². The van der Waals surface area contributed by atoms with Gasteiger partial charge >= 0.3 is 0 Å². The SMILES string of the molecule is NC1=NC(=O)/C(=C/c2ccc(-c3cc(Cl)cc(Cl)c3)o2)S1. The Kier molecular flexibility index (Phi) is 3.80. The van der Waals surface area contributed by atoms with Crippen LogP contribution in [0.2, 0.25) is 10.0 Å². The molecule has 2 heterocycles. The van der Waals surface area contributed by atoms with Gasteiger partial charge in [-0.05, 0) is 42.1 Å². The van der Waals surface area contributed by atoms with Gasteiger partial charge in [0, 0.05) is 21.7 Å². The molecule has 0 unspecified atom stereocenters. The largest absolute Gasteiger partial charge is 0.457 e. The molecule has 0 spiro atoms. The van der Waals surface area contributed by atoms with Crippen molar-refractivity contribution in [3.05, 3.63) is 51.0 Å². The van der Waals surface area contributed by atoms with E-state index in [1.807, 2.05) is 0 Å². The molecule has 0 radical (unpaired) electrons. The fourth-order valence-electron chi connectivity index (χ4n) is 1.84. The van der Waals surface area contributed by atoms with Crippen molar-refractivity contribution in [1.29, 1.82) is 0 Å². The molecule has 2 aromatic rings. The number of amides is 1. The molecule has 4 nitrogen and oxygen atoms in total. The molecule has 21 heavy (non-hydrogen) atoms. The van der Waals surface area contributed by atoms with Crippen LogP contribution in [0.1, 0.15) is 5.76 Å². The summed E-state index contributed by atoms with van der Waals surface area (Å²) in [6.45, 7) is 0. The summed E-state index contributed by atoms with van der Waals surface area (Å²) in [6, 6.07) is 8.67. The molecule has 7 heteroatoms. The Labute approximate surface area is 134 Å². The van der Waals surface area contributed by atoms with Crippen LogP contribution in [0.3, 0.4) is 0 Å². The first kappa shape index (κ1) is 14.3. The highest BCUT2D eigenvalue weighted by Gasteiger charge is 2.20. The number of furan rings is 1. The number of carbonyl (C=O) groups excluding carboxylic acids is 1. The van der Waals surface area contributed by atoms with Crippen molar-refractivity contribution in [3.8, 4) is 11.3 Å². The van der Waals surface area contributed by atoms with Crippen molar-refractivity contribution in [3.63, 3.8) is 0 Å². The van der Waals surface area contributed by atoms with Crippen LogP contribution in [-0.2, 0) is 4.79 Å². The first-order valence-corrected chi connectivity index (χ1v) is 7.43. The molecule has 2 N–H and O–H groups in total. The molecule has 3 rings (SSSR count). The first-order chi connectivity index (χ1) is 10.0. The lowest BCUT2D eigenvalue weighted by Gasteiger charge is -1.99. The van der Waals surface area contributed by atoms with Crippen molar-refractivity contribution in [2.24, 2.45) is 10.7 Å². The van der Waals surface area contributed by atoms with Gasteiger partial charge < -0.3 is 10.2 Å². The van der Waals surface area contributed by atoms with E-state index in [-0.39, 0.29) is 11.1 Å². The molecular weight excluding hydrogens is 331 g/mol. The quantitative estimate of drug-likeness (QED) is 0.834. The first-order valence-electron chi connectivity index (χ1n) is 5.85. The van der Waals surface area contributed by atoms with Crippen LogP contribution < -0.4 is 5.73 Å². The lowest BCUT2D eigenvalue weighted by atomic mass is 10.2. The third-order valence-electron chi connectivity index (χ3n) is 2.68. The van der Waals surface area contributed by atoms with Crippen molar-refractivity contribution >= 4 is 52.1 Å². The second-order valence-corrected chi connectivity index (χ2v) is 6.16. The molecule has 1 aliphatic rings. The number of benzene rings is 1. The zero-order valence-corrected chi connectivity index (χ0v) is 12.8. The average molecular weight is 339 g/mol. The predicted octanol–water partition coefficient (Wildman–Crippen LogP) is 4.18. The normalized spacial score (nSPS) is 16.6. The molecule has 0 aliphatic carbocycles. The summed E-state index contributed by atoms with van der Waals surface area (Å²) in [5.74, 6) is 0.777. The maximum atomic E-state index is 11.5. The van der Waals surface area contributed by atoms with Gasteiger partial charge in [0.05, 0.1) is 4.91 Å². The number of rotatable bonds is 2. The number of nitrogens with zero attached hydrogens (tertiary/aromatic N) is 1. The van der Waals surface area contributed by atoms with Gasteiger partial charge in [-0.2, -0.15) is 4.99 Å². The van der Waals surface area contributed by atoms with E-state index in [4.69, 9.17) is 33.4 Å². The van der Waals surface area contributed by atoms with Gasteiger partial charge in [-0.3, -0.25) is 4.79 Å². The van der Waals surface area contributed by atoms with E-state index < -0.39 is 0 Å². The number of nitrogens with two attached hydrogens (primary N) is 1. The minimum Gasteiger partial charge on any atom is -0.457 e. The number of hydrogen-bond donors (Lipinski definition) is 1. The lowest BCUT2D eigenvalue weighted by Crippen LogP contribution is -2.01. The standard InChI is InChI=1S/C14H8Cl2N2O2S/c15-8-3-7(4-9(16)5-8)11-2-1-10(20-11)6-12-13(19)18-14(17)21-12/h1-6H,(H2,17,18,19)/b12-6-. The Morgan fingerprint density at radius 1 is 1.19 bits per heavy atom. The third-order valence-corrected chi connectivity index (χ3v) is 3.93. The Hall–Kier alpha value is -1.69. The highest BCUT2D eigenvalue weighted by molar-refractivity contribution is 8.18. The van der Waals surface area contributed by atoms with Crippen molar-refractivity contribution in [1.82, 2.24) is 0 Å². The fourth-order valence-corrected chi connectivity index (χ4v) is 3.02. The van der Waals surface area contributed by atoms with E-state index in [0.29, 0.717) is 26.5 Å². The summed E-state index contributed by atoms with van der Waals surface area (Å²) in [6.07, 6.45) is 1.60. The van der Waals surface area contributed by atoms with Crippen LogP contribution in [0.5, 0.6) is 0 Å². The van der Waals surface area contributed by atoms with Gasteiger partial charge in [-0.1, -0.05) is 23.2 Å². The molecular formula is C14H8Cl2N2O2S. The molecule has 1 amide bonds. The molecule has 106 valence electrons. The number of carbonyl (C=O) groups is 1. The zero-order chi connectivity index (χ0) is 15.0. The Bertz CT molecular complexity index is 776. The monoisotopic (exact) mass is 338 g/mol. The summed E-state index contributed by atoms with van der Waals surface area (Å²) in [5, 5.41) is 1.28. The maximum absolute atomic E-state index is 11.5. The molecule has 1 aliphatic heterocycles. The van der Waals surface area contributed by atoms with Gasteiger partial charge in [0.1, 0.15) is 11.5 Å². The van der Waals surface area contributed by atoms with Gasteiger partial charge in [0.25, 0.3) is 5.91 Å². The zero-order valence-electron chi connectivity index (χ0n) is 10.5. The van der Waals surface area contributed by atoms with Gasteiger partial charge in [-0.15, -0.1) is 0 Å².